The molecular weight excluding hydrogens is 220 g/mol. The molecule has 2 atom stereocenters. The van der Waals surface area contributed by atoms with Crippen LogP contribution in [0, 0.1) is 0 Å². The monoisotopic (exact) mass is 230 g/mol. The third kappa shape index (κ3) is 1.87. The summed E-state index contributed by atoms with van der Waals surface area (Å²) in [6.07, 6.45) is 8.55. The first kappa shape index (κ1) is 9.89. The van der Waals surface area contributed by atoms with E-state index in [0.29, 0.717) is 12.3 Å². The molecule has 17 heavy (non-hydrogen) atoms. The molecule has 2 heterocycles. The molecule has 2 aliphatic rings. The van der Waals surface area contributed by atoms with E-state index in [1.54, 1.807) is 12.1 Å². The molecule has 0 amide bonds. The normalized spacial score (nSPS) is 25.1. The zero-order valence-corrected chi connectivity index (χ0v) is 8.87. The lowest BCUT2D eigenvalue weighted by atomic mass is 10.1. The van der Waals surface area contributed by atoms with Crippen LogP contribution in [0.25, 0.3) is 0 Å². The molecule has 5 nitrogen and oxygen atoms in total. The zero-order valence-electron chi connectivity index (χ0n) is 8.87. The van der Waals surface area contributed by atoms with Crippen LogP contribution in [-0.2, 0) is 0 Å². The Morgan fingerprint density at radius 3 is 3.00 bits per heavy atom. The van der Waals surface area contributed by atoms with Gasteiger partial charge in [-0.25, -0.2) is 4.99 Å². The predicted molar refractivity (Wildman–Crippen MR) is 61.2 cm³/mol. The van der Waals surface area contributed by atoms with E-state index in [1.165, 1.54) is 0 Å². The van der Waals surface area contributed by atoms with Gasteiger partial charge in [-0.3, -0.25) is 4.79 Å². The molecule has 0 saturated carbocycles. The minimum atomic E-state index is 0.0653. The summed E-state index contributed by atoms with van der Waals surface area (Å²) < 4.78 is 10.5. The number of nitrogens with one attached hydrogen (secondary N) is 1. The van der Waals surface area contributed by atoms with Gasteiger partial charge >= 0.3 is 0 Å². The summed E-state index contributed by atoms with van der Waals surface area (Å²) in [5.41, 5.74) is 0. The van der Waals surface area contributed by atoms with Gasteiger partial charge in [-0.15, -0.1) is 0 Å². The Balaban J connectivity index is 1.72. The summed E-state index contributed by atoms with van der Waals surface area (Å²) in [4.78, 5) is 14.8. The maximum atomic E-state index is 10.4. The van der Waals surface area contributed by atoms with Gasteiger partial charge in [0.05, 0.1) is 12.1 Å². The molecule has 0 radical (unpaired) electrons. The molecule has 3 rings (SSSR count). The van der Waals surface area contributed by atoms with Gasteiger partial charge in [0.1, 0.15) is 0 Å². The first-order chi connectivity index (χ1) is 8.35. The Kier molecular flexibility index (Phi) is 2.29. The van der Waals surface area contributed by atoms with Crippen molar-refractivity contribution in [3.8, 4) is 5.95 Å². The van der Waals surface area contributed by atoms with Gasteiger partial charge in [0.2, 0.25) is 0 Å². The maximum Gasteiger partial charge on any atom is 0.293 e. The molecule has 0 saturated heterocycles. The predicted octanol–water partition coefficient (Wildman–Crippen LogP) is 1.29. The second-order valence-electron chi connectivity index (χ2n) is 3.74. The number of ether oxygens (including phenoxy) is 1. The maximum absolute atomic E-state index is 10.4. The van der Waals surface area contributed by atoms with Crippen molar-refractivity contribution in [1.29, 1.82) is 0 Å². The van der Waals surface area contributed by atoms with Crippen LogP contribution in [0.15, 0.2) is 45.8 Å². The molecule has 0 fully saturated rings. The highest BCUT2D eigenvalue weighted by Crippen LogP contribution is 2.18. The zero-order chi connectivity index (χ0) is 11.7. The van der Waals surface area contributed by atoms with Gasteiger partial charge in [0.25, 0.3) is 12.0 Å². The Labute approximate surface area is 97.5 Å². The topological polar surface area (TPSA) is 63.8 Å². The molecule has 5 heteroatoms. The molecule has 0 bridgehead atoms. The van der Waals surface area contributed by atoms with E-state index >= 15 is 0 Å². The summed E-state index contributed by atoms with van der Waals surface area (Å²) in [6, 6.07) is 3.74. The standard InChI is InChI=1S/C12H10N2O3/c15-7-8-5-6-11(16-8)17-12-13-9-3-1-2-4-10(9)14-12/h1-7,9-10H,(H,13,14). The first-order valence-corrected chi connectivity index (χ1v) is 5.27. The van der Waals surface area contributed by atoms with Crippen molar-refractivity contribution < 1.29 is 13.9 Å². The molecule has 0 aromatic carbocycles. The smallest absolute Gasteiger partial charge is 0.293 e. The summed E-state index contributed by atoms with van der Waals surface area (Å²) in [6.45, 7) is 0. The average molecular weight is 230 g/mol. The number of fused-ring (bicyclic) bond motifs is 1. The number of amidine groups is 1. The molecule has 1 aromatic rings. The van der Waals surface area contributed by atoms with Crippen LogP contribution in [0.1, 0.15) is 10.6 Å². The summed E-state index contributed by atoms with van der Waals surface area (Å²) in [5, 5.41) is 3.11. The largest absolute Gasteiger partial charge is 0.422 e. The Morgan fingerprint density at radius 1 is 1.35 bits per heavy atom. The van der Waals surface area contributed by atoms with Crippen LogP contribution in [0.2, 0.25) is 0 Å². The third-order valence-corrected chi connectivity index (χ3v) is 2.58. The third-order valence-electron chi connectivity index (χ3n) is 2.58. The number of nitrogens with zero attached hydrogens (tertiary/aromatic N) is 1. The fourth-order valence-electron chi connectivity index (χ4n) is 1.77. The molecule has 1 aromatic heterocycles. The molecule has 86 valence electrons. The fourth-order valence-corrected chi connectivity index (χ4v) is 1.77. The van der Waals surface area contributed by atoms with E-state index in [0.717, 1.165) is 0 Å². The second kappa shape index (κ2) is 3.93. The van der Waals surface area contributed by atoms with Crippen LogP contribution in [0.4, 0.5) is 0 Å². The number of carbonyl (C=O) groups excluding carboxylic acids is 1. The fraction of sp³-hybridized carbons (Fsp3) is 0.167. The van der Waals surface area contributed by atoms with Gasteiger partial charge in [0, 0.05) is 6.07 Å². The molecule has 1 N–H and O–H groups in total. The number of furan rings is 1. The SMILES string of the molecule is O=Cc1ccc(OC2=NC3C=CC=CC3N2)o1. The van der Waals surface area contributed by atoms with Crippen LogP contribution in [0.5, 0.6) is 5.95 Å². The number of carbonyl (C=O) groups is 1. The highest BCUT2D eigenvalue weighted by Gasteiger charge is 2.27. The molecule has 1 aliphatic carbocycles. The number of rotatable bonds is 2. The van der Waals surface area contributed by atoms with E-state index in [9.17, 15) is 4.79 Å². The van der Waals surface area contributed by atoms with Crippen molar-refractivity contribution in [2.75, 3.05) is 0 Å². The van der Waals surface area contributed by atoms with Gasteiger partial charge in [-0.2, -0.15) is 0 Å². The van der Waals surface area contributed by atoms with Gasteiger partial charge in [0.15, 0.2) is 12.0 Å². The molecule has 1 aliphatic heterocycles. The van der Waals surface area contributed by atoms with Gasteiger partial charge in [-0.1, -0.05) is 24.3 Å². The van der Waals surface area contributed by atoms with E-state index < -0.39 is 0 Å². The summed E-state index contributed by atoms with van der Waals surface area (Å²) >= 11 is 0. The average Bonchev–Trinajstić information content (AvgIpc) is 2.94. The second-order valence-corrected chi connectivity index (χ2v) is 3.74. The van der Waals surface area contributed by atoms with Crippen molar-refractivity contribution in [1.82, 2.24) is 5.32 Å². The van der Waals surface area contributed by atoms with Gasteiger partial charge in [-0.05, 0) is 6.07 Å². The minimum absolute atomic E-state index is 0.0653. The number of hydrogen-bond donors (Lipinski definition) is 1. The van der Waals surface area contributed by atoms with E-state index in [1.807, 2.05) is 24.3 Å². The van der Waals surface area contributed by atoms with Gasteiger partial charge < -0.3 is 14.5 Å². The lowest BCUT2D eigenvalue weighted by Crippen LogP contribution is -2.35. The van der Waals surface area contributed by atoms with E-state index in [4.69, 9.17) is 9.15 Å². The van der Waals surface area contributed by atoms with Crippen LogP contribution in [-0.4, -0.2) is 24.4 Å². The van der Waals surface area contributed by atoms with Crippen molar-refractivity contribution in [2.45, 2.75) is 12.1 Å². The number of aldehydes is 1. The quantitative estimate of drug-likeness (QED) is 0.777. The number of aliphatic imine (C=N–C) groups is 1. The van der Waals surface area contributed by atoms with Crippen LogP contribution < -0.4 is 10.1 Å². The summed E-state index contributed by atoms with van der Waals surface area (Å²) in [5.74, 6) is 0.487. The molecular formula is C12H10N2O3. The lowest BCUT2D eigenvalue weighted by molar-refractivity contribution is 0.109. The number of hydrogen-bond acceptors (Lipinski definition) is 5. The van der Waals surface area contributed by atoms with Crippen molar-refractivity contribution in [3.05, 3.63) is 42.2 Å². The molecule has 0 spiro atoms. The summed E-state index contributed by atoms with van der Waals surface area (Å²) in [7, 11) is 0. The highest BCUT2D eigenvalue weighted by atomic mass is 16.6. The van der Waals surface area contributed by atoms with E-state index in [2.05, 4.69) is 10.3 Å². The Bertz CT molecular complexity index is 528. The lowest BCUT2D eigenvalue weighted by Gasteiger charge is -2.12. The van der Waals surface area contributed by atoms with E-state index in [-0.39, 0.29) is 23.8 Å². The molecule has 2 unspecified atom stereocenters. The minimum Gasteiger partial charge on any atom is -0.422 e. The van der Waals surface area contributed by atoms with Crippen LogP contribution >= 0.6 is 0 Å². The van der Waals surface area contributed by atoms with Crippen molar-refractivity contribution in [3.63, 3.8) is 0 Å². The first-order valence-electron chi connectivity index (χ1n) is 5.27. The van der Waals surface area contributed by atoms with Crippen molar-refractivity contribution >= 4 is 12.3 Å². The Morgan fingerprint density at radius 2 is 2.24 bits per heavy atom. The number of allylic oxidation sites excluding steroid dienone is 2. The highest BCUT2D eigenvalue weighted by molar-refractivity contribution is 5.79. The van der Waals surface area contributed by atoms with Crippen molar-refractivity contribution in [2.24, 2.45) is 4.99 Å². The Hall–Kier alpha value is -2.30. The van der Waals surface area contributed by atoms with Crippen LogP contribution in [0.3, 0.4) is 0 Å².